The highest BCUT2D eigenvalue weighted by Gasteiger charge is 2.13. The summed E-state index contributed by atoms with van der Waals surface area (Å²) in [4.78, 5) is 15.0. The Labute approximate surface area is 93.4 Å². The summed E-state index contributed by atoms with van der Waals surface area (Å²) in [5.74, 6) is -0.728. The highest BCUT2D eigenvalue weighted by Crippen LogP contribution is 2.21. The van der Waals surface area contributed by atoms with E-state index in [0.29, 0.717) is 16.0 Å². The average Bonchev–Trinajstić information content (AvgIpc) is 2.54. The summed E-state index contributed by atoms with van der Waals surface area (Å²) in [5.41, 5.74) is 0.656. The van der Waals surface area contributed by atoms with E-state index in [9.17, 15) is 4.79 Å². The second kappa shape index (κ2) is 3.54. The Hall–Kier alpha value is -1.56. The van der Waals surface area contributed by atoms with E-state index in [0.717, 1.165) is 0 Å². The number of ether oxygens (including phenoxy) is 1. The van der Waals surface area contributed by atoms with Crippen molar-refractivity contribution in [2.45, 2.75) is 0 Å². The average molecular weight is 271 g/mol. The maximum absolute atomic E-state index is 10.9. The summed E-state index contributed by atoms with van der Waals surface area (Å²) in [7, 11) is 1.43. The van der Waals surface area contributed by atoms with Crippen molar-refractivity contribution >= 4 is 27.5 Å². The normalized spacial score (nSPS) is 10.5. The van der Waals surface area contributed by atoms with Crippen LogP contribution in [-0.2, 0) is 0 Å². The first-order chi connectivity index (χ1) is 7.11. The molecule has 1 N–H and O–H groups in total. The van der Waals surface area contributed by atoms with Crippen molar-refractivity contribution in [1.29, 1.82) is 0 Å². The van der Waals surface area contributed by atoms with Gasteiger partial charge in [-0.05, 0) is 22.0 Å². The second-order valence-corrected chi connectivity index (χ2v) is 3.70. The summed E-state index contributed by atoms with van der Waals surface area (Å²) < 4.78 is 7.31. The third-order valence-electron chi connectivity index (χ3n) is 1.98. The highest BCUT2D eigenvalue weighted by molar-refractivity contribution is 9.10. The number of pyridine rings is 1. The van der Waals surface area contributed by atoms with Crippen molar-refractivity contribution in [1.82, 2.24) is 9.38 Å². The predicted octanol–water partition coefficient (Wildman–Crippen LogP) is 1.80. The zero-order chi connectivity index (χ0) is 11.0. The van der Waals surface area contributed by atoms with Crippen molar-refractivity contribution in [2.24, 2.45) is 0 Å². The molecule has 2 aromatic rings. The number of imidazole rings is 1. The molecule has 0 bridgehead atoms. The molecule has 0 aliphatic carbocycles. The fraction of sp³-hybridized carbons (Fsp3) is 0.111. The first kappa shape index (κ1) is 9.97. The highest BCUT2D eigenvalue weighted by atomic mass is 79.9. The predicted molar refractivity (Wildman–Crippen MR) is 56.4 cm³/mol. The zero-order valence-electron chi connectivity index (χ0n) is 7.77. The molecule has 0 aromatic carbocycles. The van der Waals surface area contributed by atoms with E-state index in [2.05, 4.69) is 20.9 Å². The van der Waals surface area contributed by atoms with Crippen LogP contribution in [0.25, 0.3) is 5.65 Å². The summed E-state index contributed by atoms with van der Waals surface area (Å²) in [6.45, 7) is 0. The molecule has 0 amide bonds. The van der Waals surface area contributed by atoms with Crippen molar-refractivity contribution < 1.29 is 14.6 Å². The van der Waals surface area contributed by atoms with Crippen LogP contribution >= 0.6 is 15.9 Å². The van der Waals surface area contributed by atoms with Crippen LogP contribution in [0.2, 0.25) is 0 Å². The lowest BCUT2D eigenvalue weighted by molar-refractivity contribution is 0.0693. The first-order valence-electron chi connectivity index (χ1n) is 4.07. The van der Waals surface area contributed by atoms with E-state index < -0.39 is 5.97 Å². The SMILES string of the molecule is COc1cn2cc(Br)nc2cc1C(=O)O. The summed E-state index contributed by atoms with van der Waals surface area (Å²) in [6.07, 6.45) is 3.31. The van der Waals surface area contributed by atoms with Gasteiger partial charge in [0.15, 0.2) is 0 Å². The van der Waals surface area contributed by atoms with E-state index in [1.54, 1.807) is 16.8 Å². The Morgan fingerprint density at radius 1 is 1.60 bits per heavy atom. The summed E-state index contributed by atoms with van der Waals surface area (Å²) in [6, 6.07) is 1.46. The Balaban J connectivity index is 2.73. The number of aromatic carboxylic acids is 1. The molecule has 0 radical (unpaired) electrons. The molecule has 0 atom stereocenters. The van der Waals surface area contributed by atoms with Gasteiger partial charge in [0, 0.05) is 6.20 Å². The van der Waals surface area contributed by atoms with E-state index in [4.69, 9.17) is 9.84 Å². The molecule has 2 aromatic heterocycles. The topological polar surface area (TPSA) is 63.8 Å². The number of fused-ring (bicyclic) bond motifs is 1. The van der Waals surface area contributed by atoms with E-state index in [1.807, 2.05) is 0 Å². The van der Waals surface area contributed by atoms with Crippen LogP contribution in [0.4, 0.5) is 0 Å². The molecule has 2 rings (SSSR count). The Morgan fingerprint density at radius 3 is 2.93 bits per heavy atom. The van der Waals surface area contributed by atoms with Crippen molar-refractivity contribution in [2.75, 3.05) is 7.11 Å². The Bertz CT molecular complexity index is 535. The number of methoxy groups -OCH3 is 1. The van der Waals surface area contributed by atoms with Crippen LogP contribution in [-0.4, -0.2) is 27.6 Å². The summed E-state index contributed by atoms with van der Waals surface area (Å²) in [5, 5.41) is 8.93. The van der Waals surface area contributed by atoms with Gasteiger partial charge in [0.2, 0.25) is 0 Å². The molecule has 5 nitrogen and oxygen atoms in total. The number of halogens is 1. The van der Waals surface area contributed by atoms with Crippen molar-refractivity contribution in [3.8, 4) is 5.75 Å². The number of nitrogens with zero attached hydrogens (tertiary/aromatic N) is 2. The molecule has 0 aliphatic rings. The third-order valence-corrected chi connectivity index (χ3v) is 2.36. The lowest BCUT2D eigenvalue weighted by Gasteiger charge is -2.04. The lowest BCUT2D eigenvalue weighted by atomic mass is 10.2. The minimum Gasteiger partial charge on any atom is -0.494 e. The Kier molecular flexibility index (Phi) is 2.36. The molecule has 2 heterocycles. The van der Waals surface area contributed by atoms with Crippen molar-refractivity contribution in [3.63, 3.8) is 0 Å². The number of carbonyl (C=O) groups is 1. The maximum Gasteiger partial charge on any atom is 0.339 e. The number of aromatic nitrogens is 2. The second-order valence-electron chi connectivity index (χ2n) is 2.89. The zero-order valence-corrected chi connectivity index (χ0v) is 9.35. The molecule has 15 heavy (non-hydrogen) atoms. The van der Waals surface area contributed by atoms with E-state index in [1.165, 1.54) is 13.2 Å². The fourth-order valence-electron chi connectivity index (χ4n) is 1.31. The molecule has 78 valence electrons. The minimum atomic E-state index is -1.03. The lowest BCUT2D eigenvalue weighted by Crippen LogP contribution is -2.02. The standard InChI is InChI=1S/C9H7BrN2O3/c1-15-6-3-12-4-7(10)11-8(12)2-5(6)9(13)14/h2-4H,1H3,(H,13,14). The van der Waals surface area contributed by atoms with E-state index in [-0.39, 0.29) is 5.56 Å². The monoisotopic (exact) mass is 270 g/mol. The number of rotatable bonds is 2. The van der Waals surface area contributed by atoms with Gasteiger partial charge in [0.25, 0.3) is 0 Å². The van der Waals surface area contributed by atoms with Crippen LogP contribution in [0.1, 0.15) is 10.4 Å². The third kappa shape index (κ3) is 1.68. The van der Waals surface area contributed by atoms with Gasteiger partial charge in [-0.25, -0.2) is 9.78 Å². The van der Waals surface area contributed by atoms with Gasteiger partial charge in [-0.15, -0.1) is 0 Å². The van der Waals surface area contributed by atoms with E-state index >= 15 is 0 Å². The van der Waals surface area contributed by atoms with Gasteiger partial charge in [-0.2, -0.15) is 0 Å². The molecule has 6 heteroatoms. The number of carboxylic acid groups (broad SMARTS) is 1. The Morgan fingerprint density at radius 2 is 2.33 bits per heavy atom. The smallest absolute Gasteiger partial charge is 0.339 e. The largest absolute Gasteiger partial charge is 0.494 e. The van der Waals surface area contributed by atoms with Crippen LogP contribution in [0.15, 0.2) is 23.1 Å². The molecular weight excluding hydrogens is 264 g/mol. The van der Waals surface area contributed by atoms with Gasteiger partial charge in [-0.1, -0.05) is 0 Å². The molecular formula is C9H7BrN2O3. The molecule has 0 spiro atoms. The van der Waals surface area contributed by atoms with Crippen molar-refractivity contribution in [3.05, 3.63) is 28.6 Å². The first-order valence-corrected chi connectivity index (χ1v) is 4.86. The van der Waals surface area contributed by atoms with Crippen LogP contribution in [0.5, 0.6) is 5.75 Å². The number of hydrogen-bond acceptors (Lipinski definition) is 3. The summed E-state index contributed by atoms with van der Waals surface area (Å²) >= 11 is 3.21. The van der Waals surface area contributed by atoms with Crippen LogP contribution < -0.4 is 4.74 Å². The molecule has 0 saturated heterocycles. The quantitative estimate of drug-likeness (QED) is 0.904. The maximum atomic E-state index is 10.9. The van der Waals surface area contributed by atoms with Crippen LogP contribution in [0.3, 0.4) is 0 Å². The van der Waals surface area contributed by atoms with Crippen LogP contribution in [0, 0.1) is 0 Å². The molecule has 0 fully saturated rings. The molecule has 0 unspecified atom stereocenters. The fourth-order valence-corrected chi connectivity index (χ4v) is 1.72. The molecule has 0 aliphatic heterocycles. The van der Waals surface area contributed by atoms with Gasteiger partial charge in [0.1, 0.15) is 21.6 Å². The van der Waals surface area contributed by atoms with Gasteiger partial charge in [-0.3, -0.25) is 0 Å². The van der Waals surface area contributed by atoms with Gasteiger partial charge in [0.05, 0.1) is 13.3 Å². The number of hydrogen-bond donors (Lipinski definition) is 1. The minimum absolute atomic E-state index is 0.100. The number of carboxylic acids is 1. The van der Waals surface area contributed by atoms with Gasteiger partial charge >= 0.3 is 5.97 Å². The van der Waals surface area contributed by atoms with Gasteiger partial charge < -0.3 is 14.2 Å². The molecule has 0 saturated carbocycles.